The van der Waals surface area contributed by atoms with Crippen molar-refractivity contribution in [2.75, 3.05) is 0 Å². The van der Waals surface area contributed by atoms with Gasteiger partial charge in [-0.3, -0.25) is 4.79 Å². The van der Waals surface area contributed by atoms with E-state index in [-0.39, 0.29) is 6.04 Å². The Morgan fingerprint density at radius 1 is 1.25 bits per heavy atom. The summed E-state index contributed by atoms with van der Waals surface area (Å²) in [6.45, 7) is 2.42. The molecule has 20 heavy (non-hydrogen) atoms. The van der Waals surface area contributed by atoms with Crippen LogP contribution in [0.5, 0.6) is 5.75 Å². The molecule has 0 bridgehead atoms. The molecular weight excluding hydrogens is 252 g/mol. The van der Waals surface area contributed by atoms with Crippen molar-refractivity contribution < 1.29 is 9.53 Å². The van der Waals surface area contributed by atoms with E-state index >= 15 is 0 Å². The number of carbonyl (C=O) groups is 1. The van der Waals surface area contributed by atoms with Crippen molar-refractivity contribution in [3.63, 3.8) is 0 Å². The minimum atomic E-state index is -0.235. The Hall–Kier alpha value is -2.20. The summed E-state index contributed by atoms with van der Waals surface area (Å²) in [7, 11) is 0. The molecular formula is C16H18N2O2. The first-order valence-electron chi connectivity index (χ1n) is 6.63. The highest BCUT2D eigenvalue weighted by molar-refractivity contribution is 5.72. The van der Waals surface area contributed by atoms with Crippen molar-refractivity contribution in [3.05, 3.63) is 59.4 Å². The van der Waals surface area contributed by atoms with E-state index in [1.165, 1.54) is 0 Å². The van der Waals surface area contributed by atoms with Crippen molar-refractivity contribution in [3.8, 4) is 5.75 Å². The maximum Gasteiger partial charge on any atom is 0.168 e. The van der Waals surface area contributed by atoms with E-state index < -0.39 is 0 Å². The van der Waals surface area contributed by atoms with Gasteiger partial charge in [0, 0.05) is 0 Å². The zero-order chi connectivity index (χ0) is 14.4. The third-order valence-corrected chi connectivity index (χ3v) is 3.06. The number of pyridine rings is 1. The Morgan fingerprint density at radius 3 is 2.65 bits per heavy atom. The minimum Gasteiger partial charge on any atom is -0.487 e. The van der Waals surface area contributed by atoms with Gasteiger partial charge in [0.2, 0.25) is 0 Å². The van der Waals surface area contributed by atoms with E-state index in [4.69, 9.17) is 10.5 Å². The SMILES string of the molecule is CC[C@H](N)c1nc(C=O)ccc1OCc1ccccc1. The van der Waals surface area contributed by atoms with Gasteiger partial charge in [-0.05, 0) is 24.1 Å². The van der Waals surface area contributed by atoms with Gasteiger partial charge in [0.15, 0.2) is 6.29 Å². The van der Waals surface area contributed by atoms with Crippen molar-refractivity contribution >= 4 is 6.29 Å². The molecule has 0 aliphatic rings. The average molecular weight is 270 g/mol. The number of nitrogens with zero attached hydrogens (tertiary/aromatic N) is 1. The molecule has 2 N–H and O–H groups in total. The lowest BCUT2D eigenvalue weighted by Crippen LogP contribution is -2.14. The molecule has 0 amide bonds. The molecule has 0 aliphatic carbocycles. The monoisotopic (exact) mass is 270 g/mol. The molecule has 104 valence electrons. The van der Waals surface area contributed by atoms with Gasteiger partial charge >= 0.3 is 0 Å². The zero-order valence-electron chi connectivity index (χ0n) is 11.5. The fourth-order valence-electron chi connectivity index (χ4n) is 1.86. The van der Waals surface area contributed by atoms with Crippen molar-refractivity contribution in [2.45, 2.75) is 26.0 Å². The highest BCUT2D eigenvalue weighted by Crippen LogP contribution is 2.24. The Balaban J connectivity index is 2.20. The number of rotatable bonds is 6. The van der Waals surface area contributed by atoms with Gasteiger partial charge in [-0.2, -0.15) is 0 Å². The molecule has 2 rings (SSSR count). The van der Waals surface area contributed by atoms with Crippen LogP contribution in [0.2, 0.25) is 0 Å². The van der Waals surface area contributed by atoms with Crippen LogP contribution in [0.15, 0.2) is 42.5 Å². The van der Waals surface area contributed by atoms with Crippen LogP contribution >= 0.6 is 0 Å². The van der Waals surface area contributed by atoms with Crippen LogP contribution in [-0.4, -0.2) is 11.3 Å². The predicted molar refractivity (Wildman–Crippen MR) is 77.6 cm³/mol. The minimum absolute atomic E-state index is 0.235. The molecule has 0 aliphatic heterocycles. The van der Waals surface area contributed by atoms with Crippen LogP contribution in [0.25, 0.3) is 0 Å². The lowest BCUT2D eigenvalue weighted by molar-refractivity contribution is 0.111. The molecule has 1 atom stereocenters. The second-order valence-corrected chi connectivity index (χ2v) is 4.53. The summed E-state index contributed by atoms with van der Waals surface area (Å²) in [6, 6.07) is 13.0. The molecule has 0 saturated heterocycles. The van der Waals surface area contributed by atoms with E-state index in [0.29, 0.717) is 30.0 Å². The molecule has 4 nitrogen and oxygen atoms in total. The lowest BCUT2D eigenvalue weighted by atomic mass is 10.1. The van der Waals surface area contributed by atoms with Gasteiger partial charge in [-0.15, -0.1) is 0 Å². The number of hydrogen-bond donors (Lipinski definition) is 1. The molecule has 0 unspecified atom stereocenters. The second kappa shape index (κ2) is 6.82. The van der Waals surface area contributed by atoms with Crippen molar-refractivity contribution in [2.24, 2.45) is 5.73 Å². The summed E-state index contributed by atoms with van der Waals surface area (Å²) in [4.78, 5) is 15.1. The summed E-state index contributed by atoms with van der Waals surface area (Å²) in [5, 5.41) is 0. The Morgan fingerprint density at radius 2 is 2.00 bits per heavy atom. The third kappa shape index (κ3) is 3.42. The number of hydrogen-bond acceptors (Lipinski definition) is 4. The molecule has 0 fully saturated rings. The first-order valence-corrected chi connectivity index (χ1v) is 6.63. The van der Waals surface area contributed by atoms with E-state index in [1.54, 1.807) is 12.1 Å². The lowest BCUT2D eigenvalue weighted by Gasteiger charge is -2.15. The van der Waals surface area contributed by atoms with Gasteiger partial charge in [-0.1, -0.05) is 37.3 Å². The third-order valence-electron chi connectivity index (χ3n) is 3.06. The fraction of sp³-hybridized carbons (Fsp3) is 0.250. The van der Waals surface area contributed by atoms with Crippen LogP contribution in [0.4, 0.5) is 0 Å². The number of nitrogens with two attached hydrogens (primary N) is 1. The van der Waals surface area contributed by atoms with Crippen molar-refractivity contribution in [1.29, 1.82) is 0 Å². The van der Waals surface area contributed by atoms with Crippen LogP contribution in [0.3, 0.4) is 0 Å². The number of benzene rings is 1. The van der Waals surface area contributed by atoms with Gasteiger partial charge in [0.05, 0.1) is 11.7 Å². The molecule has 0 saturated carbocycles. The molecule has 4 heteroatoms. The first-order chi connectivity index (χ1) is 9.74. The smallest absolute Gasteiger partial charge is 0.168 e. The highest BCUT2D eigenvalue weighted by Gasteiger charge is 2.13. The fourth-order valence-corrected chi connectivity index (χ4v) is 1.86. The second-order valence-electron chi connectivity index (χ2n) is 4.53. The molecule has 1 aromatic heterocycles. The Labute approximate surface area is 118 Å². The predicted octanol–water partition coefficient (Wildman–Crippen LogP) is 2.88. The number of ether oxygens (including phenoxy) is 1. The van der Waals surface area contributed by atoms with E-state index in [9.17, 15) is 4.79 Å². The number of carbonyl (C=O) groups excluding carboxylic acids is 1. The number of aromatic nitrogens is 1. The van der Waals surface area contributed by atoms with Gasteiger partial charge in [-0.25, -0.2) is 4.98 Å². The summed E-state index contributed by atoms with van der Waals surface area (Å²) >= 11 is 0. The van der Waals surface area contributed by atoms with E-state index in [1.807, 2.05) is 37.3 Å². The first kappa shape index (κ1) is 14.2. The summed E-state index contributed by atoms with van der Waals surface area (Å²) in [5.41, 5.74) is 8.11. The zero-order valence-corrected chi connectivity index (χ0v) is 11.5. The average Bonchev–Trinajstić information content (AvgIpc) is 2.53. The van der Waals surface area contributed by atoms with Gasteiger partial charge in [0.1, 0.15) is 18.1 Å². The van der Waals surface area contributed by atoms with Gasteiger partial charge < -0.3 is 10.5 Å². The molecule has 0 spiro atoms. The van der Waals surface area contributed by atoms with Crippen LogP contribution in [-0.2, 0) is 6.61 Å². The Bertz CT molecular complexity index is 570. The maximum absolute atomic E-state index is 10.8. The highest BCUT2D eigenvalue weighted by atomic mass is 16.5. The molecule has 1 heterocycles. The van der Waals surface area contributed by atoms with Crippen molar-refractivity contribution in [1.82, 2.24) is 4.98 Å². The summed E-state index contributed by atoms with van der Waals surface area (Å²) in [6.07, 6.45) is 1.45. The van der Waals surface area contributed by atoms with Gasteiger partial charge in [0.25, 0.3) is 0 Å². The molecule has 2 aromatic rings. The molecule has 1 aromatic carbocycles. The Kier molecular flexibility index (Phi) is 4.85. The number of aldehydes is 1. The van der Waals surface area contributed by atoms with Crippen LogP contribution < -0.4 is 10.5 Å². The van der Waals surface area contributed by atoms with E-state index in [2.05, 4.69) is 4.98 Å². The molecule has 0 radical (unpaired) electrons. The quantitative estimate of drug-likeness (QED) is 0.820. The normalized spacial score (nSPS) is 11.9. The summed E-state index contributed by atoms with van der Waals surface area (Å²) < 4.78 is 5.79. The standard InChI is InChI=1S/C16H18N2O2/c1-2-14(17)16-15(9-8-13(10-19)18-16)20-11-12-6-4-3-5-7-12/h3-10,14H,2,11,17H2,1H3/t14-/m0/s1. The van der Waals surface area contributed by atoms with E-state index in [0.717, 1.165) is 12.0 Å². The van der Waals surface area contributed by atoms with Crippen LogP contribution in [0.1, 0.15) is 41.1 Å². The van der Waals surface area contributed by atoms with Crippen LogP contribution in [0, 0.1) is 0 Å². The topological polar surface area (TPSA) is 65.2 Å². The summed E-state index contributed by atoms with van der Waals surface area (Å²) in [5.74, 6) is 0.633. The largest absolute Gasteiger partial charge is 0.487 e. The maximum atomic E-state index is 10.8.